The Balaban J connectivity index is 2.38. The third kappa shape index (κ3) is 1.83. The zero-order valence-electron chi connectivity index (χ0n) is 9.49. The van der Waals surface area contributed by atoms with E-state index in [-0.39, 0.29) is 0 Å². The van der Waals surface area contributed by atoms with E-state index in [1.807, 2.05) is 31.2 Å². The van der Waals surface area contributed by atoms with Gasteiger partial charge in [0.05, 0.1) is 0 Å². The number of aliphatic carboxylic acids is 1. The zero-order chi connectivity index (χ0) is 11.6. The Kier molecular flexibility index (Phi) is 2.97. The molecule has 0 bridgehead atoms. The van der Waals surface area contributed by atoms with Gasteiger partial charge in [-0.15, -0.1) is 0 Å². The molecular formula is C13H17NO2. The van der Waals surface area contributed by atoms with Gasteiger partial charge in [0.15, 0.2) is 0 Å². The maximum Gasteiger partial charge on any atom is 0.328 e. The first-order chi connectivity index (χ1) is 7.65. The highest BCUT2D eigenvalue weighted by molar-refractivity contribution is 5.81. The van der Waals surface area contributed by atoms with Gasteiger partial charge in [0.2, 0.25) is 0 Å². The van der Waals surface area contributed by atoms with E-state index in [2.05, 4.69) is 5.32 Å². The zero-order valence-corrected chi connectivity index (χ0v) is 9.49. The Hall–Kier alpha value is -1.35. The molecule has 0 aliphatic carbocycles. The molecule has 3 heteroatoms. The summed E-state index contributed by atoms with van der Waals surface area (Å²) in [7, 11) is 0. The maximum absolute atomic E-state index is 11.5. The number of carbonyl (C=O) groups is 1. The minimum atomic E-state index is -0.869. The molecule has 1 aliphatic heterocycles. The molecule has 0 saturated carbocycles. The van der Waals surface area contributed by atoms with Crippen LogP contribution in [-0.4, -0.2) is 17.6 Å². The summed E-state index contributed by atoms with van der Waals surface area (Å²) in [5, 5.41) is 12.6. The minimum Gasteiger partial charge on any atom is -0.480 e. The van der Waals surface area contributed by atoms with Crippen molar-refractivity contribution in [3.8, 4) is 0 Å². The van der Waals surface area contributed by atoms with Crippen LogP contribution in [0.2, 0.25) is 0 Å². The number of carboxylic acids is 1. The summed E-state index contributed by atoms with van der Waals surface area (Å²) in [4.78, 5) is 11.5. The SMILES string of the molecule is Cc1ccc(C2(C(=O)O)CCCCN2)cc1. The van der Waals surface area contributed by atoms with Gasteiger partial charge in [-0.25, -0.2) is 4.79 Å². The van der Waals surface area contributed by atoms with Crippen LogP contribution in [0.25, 0.3) is 0 Å². The second-order valence-corrected chi connectivity index (χ2v) is 4.46. The fourth-order valence-corrected chi connectivity index (χ4v) is 2.30. The lowest BCUT2D eigenvalue weighted by Gasteiger charge is -2.34. The average Bonchev–Trinajstić information content (AvgIpc) is 2.30. The van der Waals surface area contributed by atoms with Crippen molar-refractivity contribution < 1.29 is 9.90 Å². The Labute approximate surface area is 95.5 Å². The summed E-state index contributed by atoms with van der Waals surface area (Å²) in [6.07, 6.45) is 2.69. The van der Waals surface area contributed by atoms with E-state index in [9.17, 15) is 9.90 Å². The van der Waals surface area contributed by atoms with Gasteiger partial charge in [-0.05, 0) is 38.3 Å². The summed E-state index contributed by atoms with van der Waals surface area (Å²) >= 11 is 0. The van der Waals surface area contributed by atoms with Crippen LogP contribution in [0.15, 0.2) is 24.3 Å². The second-order valence-electron chi connectivity index (χ2n) is 4.46. The van der Waals surface area contributed by atoms with Gasteiger partial charge >= 0.3 is 5.97 Å². The highest BCUT2D eigenvalue weighted by Gasteiger charge is 2.40. The average molecular weight is 219 g/mol. The highest BCUT2D eigenvalue weighted by atomic mass is 16.4. The molecule has 16 heavy (non-hydrogen) atoms. The van der Waals surface area contributed by atoms with Crippen LogP contribution in [0.5, 0.6) is 0 Å². The van der Waals surface area contributed by atoms with Crippen molar-refractivity contribution in [2.75, 3.05) is 6.54 Å². The van der Waals surface area contributed by atoms with Crippen molar-refractivity contribution in [3.63, 3.8) is 0 Å². The van der Waals surface area contributed by atoms with E-state index in [4.69, 9.17) is 0 Å². The third-order valence-corrected chi connectivity index (χ3v) is 3.31. The van der Waals surface area contributed by atoms with Crippen molar-refractivity contribution in [1.29, 1.82) is 0 Å². The van der Waals surface area contributed by atoms with Crippen molar-refractivity contribution in [1.82, 2.24) is 5.32 Å². The number of rotatable bonds is 2. The van der Waals surface area contributed by atoms with Gasteiger partial charge in [-0.2, -0.15) is 0 Å². The first-order valence-corrected chi connectivity index (χ1v) is 5.71. The summed E-state index contributed by atoms with van der Waals surface area (Å²) < 4.78 is 0. The summed E-state index contributed by atoms with van der Waals surface area (Å²) in [5.74, 6) is -0.768. The Morgan fingerprint density at radius 1 is 1.31 bits per heavy atom. The predicted molar refractivity (Wildman–Crippen MR) is 62.3 cm³/mol. The number of nitrogens with one attached hydrogen (secondary N) is 1. The van der Waals surface area contributed by atoms with Crippen LogP contribution in [-0.2, 0) is 10.3 Å². The quantitative estimate of drug-likeness (QED) is 0.800. The van der Waals surface area contributed by atoms with Crippen LogP contribution in [0.1, 0.15) is 30.4 Å². The fraction of sp³-hybridized carbons (Fsp3) is 0.462. The molecule has 0 radical (unpaired) electrons. The lowest BCUT2D eigenvalue weighted by atomic mass is 9.82. The number of piperidine rings is 1. The Morgan fingerprint density at radius 2 is 2.00 bits per heavy atom. The van der Waals surface area contributed by atoms with E-state index in [0.29, 0.717) is 6.42 Å². The van der Waals surface area contributed by atoms with Crippen molar-refractivity contribution in [2.24, 2.45) is 0 Å². The number of carboxylic acid groups (broad SMARTS) is 1. The molecule has 86 valence electrons. The lowest BCUT2D eigenvalue weighted by molar-refractivity contribution is -0.146. The van der Waals surface area contributed by atoms with Gasteiger partial charge < -0.3 is 5.11 Å². The molecule has 1 aromatic carbocycles. The smallest absolute Gasteiger partial charge is 0.328 e. The minimum absolute atomic E-state index is 0.672. The molecule has 1 heterocycles. The van der Waals surface area contributed by atoms with Gasteiger partial charge in [-0.1, -0.05) is 29.8 Å². The molecule has 2 N–H and O–H groups in total. The van der Waals surface area contributed by atoms with Gasteiger partial charge in [0.25, 0.3) is 0 Å². The fourth-order valence-electron chi connectivity index (χ4n) is 2.30. The van der Waals surface area contributed by atoms with Crippen LogP contribution in [0.4, 0.5) is 0 Å². The number of hydrogen-bond donors (Lipinski definition) is 2. The molecule has 2 rings (SSSR count). The molecule has 1 aromatic rings. The van der Waals surface area contributed by atoms with Gasteiger partial charge in [0, 0.05) is 0 Å². The number of hydrogen-bond acceptors (Lipinski definition) is 2. The molecule has 3 nitrogen and oxygen atoms in total. The predicted octanol–water partition coefficient (Wildman–Crippen LogP) is 2.05. The van der Waals surface area contributed by atoms with E-state index in [0.717, 1.165) is 30.5 Å². The molecule has 1 aliphatic rings. The summed E-state index contributed by atoms with van der Waals surface area (Å²) in [6.45, 7) is 2.78. The molecule has 1 fully saturated rings. The van der Waals surface area contributed by atoms with Crippen LogP contribution in [0, 0.1) is 6.92 Å². The number of benzene rings is 1. The number of aryl methyl sites for hydroxylation is 1. The Bertz CT molecular complexity index is 377. The molecular weight excluding hydrogens is 202 g/mol. The monoisotopic (exact) mass is 219 g/mol. The highest BCUT2D eigenvalue weighted by Crippen LogP contribution is 2.30. The largest absolute Gasteiger partial charge is 0.480 e. The summed E-state index contributed by atoms with van der Waals surface area (Å²) in [6, 6.07) is 7.77. The normalized spacial score (nSPS) is 25.3. The maximum atomic E-state index is 11.5. The second kappa shape index (κ2) is 4.26. The van der Waals surface area contributed by atoms with Crippen LogP contribution in [0.3, 0.4) is 0 Å². The van der Waals surface area contributed by atoms with E-state index in [1.54, 1.807) is 0 Å². The molecule has 0 spiro atoms. The van der Waals surface area contributed by atoms with Crippen LogP contribution < -0.4 is 5.32 Å². The Morgan fingerprint density at radius 3 is 2.50 bits per heavy atom. The molecule has 0 aromatic heterocycles. The topological polar surface area (TPSA) is 49.3 Å². The molecule has 1 atom stereocenters. The molecule has 1 saturated heterocycles. The van der Waals surface area contributed by atoms with E-state index >= 15 is 0 Å². The van der Waals surface area contributed by atoms with Crippen molar-refractivity contribution in [2.45, 2.75) is 31.7 Å². The first kappa shape index (κ1) is 11.1. The molecule has 1 unspecified atom stereocenters. The molecule has 0 amide bonds. The van der Waals surface area contributed by atoms with Crippen molar-refractivity contribution >= 4 is 5.97 Å². The van der Waals surface area contributed by atoms with Gasteiger partial charge in [-0.3, -0.25) is 5.32 Å². The first-order valence-electron chi connectivity index (χ1n) is 5.71. The standard InChI is InChI=1S/C13H17NO2/c1-10-4-6-11(7-5-10)13(12(15)16)8-2-3-9-14-13/h4-7,14H,2-3,8-9H2,1H3,(H,15,16). The summed E-state index contributed by atoms with van der Waals surface area (Å²) in [5.41, 5.74) is 1.15. The van der Waals surface area contributed by atoms with Crippen molar-refractivity contribution in [3.05, 3.63) is 35.4 Å². The third-order valence-electron chi connectivity index (χ3n) is 3.31. The van der Waals surface area contributed by atoms with Gasteiger partial charge in [0.1, 0.15) is 5.54 Å². The lowest BCUT2D eigenvalue weighted by Crippen LogP contribution is -2.51. The van der Waals surface area contributed by atoms with E-state index < -0.39 is 11.5 Å². The van der Waals surface area contributed by atoms with E-state index in [1.165, 1.54) is 0 Å². The van der Waals surface area contributed by atoms with Crippen LogP contribution >= 0.6 is 0 Å².